The Labute approximate surface area is 83.3 Å². The van der Waals surface area contributed by atoms with Crippen molar-refractivity contribution in [1.82, 2.24) is 4.98 Å². The third-order valence-electron chi connectivity index (χ3n) is 2.52. The molecular formula is C11H12N2O. The maximum atomic E-state index is 8.74. The molecule has 3 nitrogen and oxygen atoms in total. The van der Waals surface area contributed by atoms with Crippen molar-refractivity contribution in [2.75, 3.05) is 13.2 Å². The molecule has 1 aromatic heterocycles. The van der Waals surface area contributed by atoms with Gasteiger partial charge in [0.15, 0.2) is 0 Å². The van der Waals surface area contributed by atoms with Crippen LogP contribution in [0.15, 0.2) is 18.5 Å². The lowest BCUT2D eigenvalue weighted by molar-refractivity contribution is 0.0803. The molecule has 0 radical (unpaired) electrons. The molecule has 0 aliphatic carbocycles. The number of rotatable bonds is 1. The minimum Gasteiger partial charge on any atom is -0.381 e. The third-order valence-corrected chi connectivity index (χ3v) is 2.52. The predicted octanol–water partition coefficient (Wildman–Crippen LogP) is 1.85. The molecular weight excluding hydrogens is 176 g/mol. The molecule has 1 aromatic rings. The first-order valence-corrected chi connectivity index (χ1v) is 4.83. The van der Waals surface area contributed by atoms with E-state index in [4.69, 9.17) is 10.00 Å². The van der Waals surface area contributed by atoms with Crippen molar-refractivity contribution in [3.63, 3.8) is 0 Å². The number of nitriles is 1. The topological polar surface area (TPSA) is 45.9 Å². The summed E-state index contributed by atoms with van der Waals surface area (Å²) in [4.78, 5) is 4.05. The van der Waals surface area contributed by atoms with Gasteiger partial charge < -0.3 is 4.74 Å². The fourth-order valence-corrected chi connectivity index (χ4v) is 1.75. The van der Waals surface area contributed by atoms with E-state index in [9.17, 15) is 0 Å². The summed E-state index contributed by atoms with van der Waals surface area (Å²) in [6.07, 6.45) is 5.66. The molecule has 2 rings (SSSR count). The van der Waals surface area contributed by atoms with E-state index in [-0.39, 0.29) is 0 Å². The van der Waals surface area contributed by atoms with E-state index in [1.165, 1.54) is 0 Å². The molecule has 0 saturated carbocycles. The lowest BCUT2D eigenvalue weighted by atomic mass is 9.94. The molecule has 1 atom stereocenters. The molecule has 0 N–H and O–H groups in total. The van der Waals surface area contributed by atoms with E-state index in [1.807, 2.05) is 12.3 Å². The first kappa shape index (κ1) is 9.17. The Morgan fingerprint density at radius 1 is 1.50 bits per heavy atom. The Kier molecular flexibility index (Phi) is 2.76. The highest BCUT2D eigenvalue weighted by Crippen LogP contribution is 2.24. The van der Waals surface area contributed by atoms with Crippen LogP contribution < -0.4 is 0 Å². The lowest BCUT2D eigenvalue weighted by Crippen LogP contribution is -2.15. The standard InChI is InChI=1S/C11H12N2O/c12-5-9-4-11(7-13-6-9)10-2-1-3-14-8-10/h4,6-7,10H,1-3,8H2. The van der Waals surface area contributed by atoms with Crippen molar-refractivity contribution >= 4 is 0 Å². The van der Waals surface area contributed by atoms with Gasteiger partial charge in [-0.2, -0.15) is 5.26 Å². The smallest absolute Gasteiger partial charge is 0.101 e. The predicted molar refractivity (Wildman–Crippen MR) is 51.7 cm³/mol. The van der Waals surface area contributed by atoms with Crippen LogP contribution in [0, 0.1) is 11.3 Å². The Morgan fingerprint density at radius 3 is 3.14 bits per heavy atom. The average molecular weight is 188 g/mol. The van der Waals surface area contributed by atoms with Gasteiger partial charge in [-0.25, -0.2) is 0 Å². The number of ether oxygens (including phenoxy) is 1. The van der Waals surface area contributed by atoms with Crippen LogP contribution in [0.5, 0.6) is 0 Å². The quantitative estimate of drug-likeness (QED) is 0.675. The number of hydrogen-bond donors (Lipinski definition) is 0. The molecule has 1 aliphatic heterocycles. The fourth-order valence-electron chi connectivity index (χ4n) is 1.75. The van der Waals surface area contributed by atoms with E-state index in [2.05, 4.69) is 11.1 Å². The van der Waals surface area contributed by atoms with Gasteiger partial charge in [0, 0.05) is 24.9 Å². The van der Waals surface area contributed by atoms with Gasteiger partial charge in [-0.3, -0.25) is 4.98 Å². The monoisotopic (exact) mass is 188 g/mol. The second-order valence-corrected chi connectivity index (χ2v) is 3.53. The molecule has 72 valence electrons. The zero-order valence-electron chi connectivity index (χ0n) is 7.94. The van der Waals surface area contributed by atoms with Gasteiger partial charge in [-0.1, -0.05) is 0 Å². The van der Waals surface area contributed by atoms with Gasteiger partial charge in [-0.05, 0) is 24.5 Å². The Hall–Kier alpha value is -1.40. The first-order valence-electron chi connectivity index (χ1n) is 4.83. The minimum absolute atomic E-state index is 0.421. The second kappa shape index (κ2) is 4.21. The summed E-state index contributed by atoms with van der Waals surface area (Å²) >= 11 is 0. The molecule has 0 aromatic carbocycles. The molecule has 1 unspecified atom stereocenters. The molecule has 2 heterocycles. The van der Waals surface area contributed by atoms with Gasteiger partial charge >= 0.3 is 0 Å². The van der Waals surface area contributed by atoms with Crippen LogP contribution in [0.1, 0.15) is 29.9 Å². The van der Waals surface area contributed by atoms with Crippen molar-refractivity contribution in [3.05, 3.63) is 29.6 Å². The second-order valence-electron chi connectivity index (χ2n) is 3.53. The summed E-state index contributed by atoms with van der Waals surface area (Å²) in [5, 5.41) is 8.74. The van der Waals surface area contributed by atoms with E-state index in [0.717, 1.165) is 31.6 Å². The minimum atomic E-state index is 0.421. The van der Waals surface area contributed by atoms with E-state index >= 15 is 0 Å². The van der Waals surface area contributed by atoms with Gasteiger partial charge in [0.05, 0.1) is 12.2 Å². The SMILES string of the molecule is N#Cc1cncc(C2CCCOC2)c1. The highest BCUT2D eigenvalue weighted by Gasteiger charge is 2.16. The Bertz CT molecular complexity index is 351. The van der Waals surface area contributed by atoms with Crippen LogP contribution in [0.4, 0.5) is 0 Å². The molecule has 0 spiro atoms. The maximum absolute atomic E-state index is 8.74. The summed E-state index contributed by atoms with van der Waals surface area (Å²) in [7, 11) is 0. The lowest BCUT2D eigenvalue weighted by Gasteiger charge is -2.21. The molecule has 14 heavy (non-hydrogen) atoms. The highest BCUT2D eigenvalue weighted by atomic mass is 16.5. The average Bonchev–Trinajstić information content (AvgIpc) is 2.30. The van der Waals surface area contributed by atoms with Crippen LogP contribution in [0.3, 0.4) is 0 Å². The van der Waals surface area contributed by atoms with Crippen molar-refractivity contribution in [3.8, 4) is 6.07 Å². The number of aromatic nitrogens is 1. The zero-order chi connectivity index (χ0) is 9.80. The van der Waals surface area contributed by atoms with Crippen molar-refractivity contribution in [2.45, 2.75) is 18.8 Å². The van der Waals surface area contributed by atoms with E-state index in [1.54, 1.807) is 6.20 Å². The molecule has 1 saturated heterocycles. The van der Waals surface area contributed by atoms with Gasteiger partial charge in [-0.15, -0.1) is 0 Å². The fraction of sp³-hybridized carbons (Fsp3) is 0.455. The van der Waals surface area contributed by atoms with E-state index < -0.39 is 0 Å². The summed E-state index contributed by atoms with van der Waals surface area (Å²) < 4.78 is 5.40. The number of pyridine rings is 1. The molecule has 0 bridgehead atoms. The summed E-state index contributed by atoms with van der Waals surface area (Å²) in [5.74, 6) is 0.421. The molecule has 0 amide bonds. The Morgan fingerprint density at radius 2 is 2.43 bits per heavy atom. The number of hydrogen-bond acceptors (Lipinski definition) is 3. The van der Waals surface area contributed by atoms with Crippen molar-refractivity contribution in [1.29, 1.82) is 5.26 Å². The summed E-state index contributed by atoms with van der Waals surface area (Å²) in [6.45, 7) is 1.62. The van der Waals surface area contributed by atoms with Crippen LogP contribution in [-0.2, 0) is 4.74 Å². The highest BCUT2D eigenvalue weighted by molar-refractivity contribution is 5.30. The van der Waals surface area contributed by atoms with E-state index in [0.29, 0.717) is 11.5 Å². The zero-order valence-corrected chi connectivity index (χ0v) is 7.94. The molecule has 3 heteroatoms. The van der Waals surface area contributed by atoms with Gasteiger partial charge in [0.25, 0.3) is 0 Å². The number of nitrogens with zero attached hydrogens (tertiary/aromatic N) is 2. The van der Waals surface area contributed by atoms with Gasteiger partial charge in [0.1, 0.15) is 6.07 Å². The van der Waals surface area contributed by atoms with Crippen LogP contribution in [-0.4, -0.2) is 18.2 Å². The summed E-state index contributed by atoms with van der Waals surface area (Å²) in [6, 6.07) is 4.01. The molecule has 1 aliphatic rings. The van der Waals surface area contributed by atoms with Crippen molar-refractivity contribution in [2.24, 2.45) is 0 Å². The van der Waals surface area contributed by atoms with Crippen LogP contribution in [0.25, 0.3) is 0 Å². The Balaban J connectivity index is 2.18. The first-order chi connectivity index (χ1) is 6.90. The van der Waals surface area contributed by atoms with Crippen LogP contribution >= 0.6 is 0 Å². The maximum Gasteiger partial charge on any atom is 0.101 e. The van der Waals surface area contributed by atoms with Crippen LogP contribution in [0.2, 0.25) is 0 Å². The van der Waals surface area contributed by atoms with Gasteiger partial charge in [0.2, 0.25) is 0 Å². The summed E-state index contributed by atoms with van der Waals surface area (Å²) in [5.41, 5.74) is 1.76. The largest absolute Gasteiger partial charge is 0.381 e. The molecule has 1 fully saturated rings. The third kappa shape index (κ3) is 1.91. The van der Waals surface area contributed by atoms with Crippen molar-refractivity contribution < 1.29 is 4.74 Å². The normalized spacial score (nSPS) is 21.5.